The van der Waals surface area contributed by atoms with Gasteiger partial charge >= 0.3 is 6.18 Å². The SMILES string of the molecule is N[C@@H]1CCCN(c2ncc(C(F)(F)F)cc2Br)C1. The summed E-state index contributed by atoms with van der Waals surface area (Å²) in [7, 11) is 0. The van der Waals surface area contributed by atoms with Crippen LogP contribution in [0.3, 0.4) is 0 Å². The number of nitrogens with two attached hydrogens (primary N) is 1. The number of alkyl halides is 3. The van der Waals surface area contributed by atoms with Crippen molar-refractivity contribution in [2.75, 3.05) is 18.0 Å². The van der Waals surface area contributed by atoms with Gasteiger partial charge in [0.1, 0.15) is 5.82 Å². The minimum absolute atomic E-state index is 0.0507. The zero-order valence-corrected chi connectivity index (χ0v) is 11.1. The van der Waals surface area contributed by atoms with E-state index in [0.29, 0.717) is 16.8 Å². The fourth-order valence-corrected chi connectivity index (χ4v) is 2.62. The lowest BCUT2D eigenvalue weighted by Crippen LogP contribution is -2.43. The predicted molar refractivity (Wildman–Crippen MR) is 66.4 cm³/mol. The van der Waals surface area contributed by atoms with Crippen molar-refractivity contribution >= 4 is 21.7 Å². The number of hydrogen-bond donors (Lipinski definition) is 1. The summed E-state index contributed by atoms with van der Waals surface area (Å²) in [5, 5.41) is 0. The molecule has 7 heteroatoms. The molecule has 1 aromatic heterocycles. The van der Waals surface area contributed by atoms with Gasteiger partial charge in [0.25, 0.3) is 0 Å². The van der Waals surface area contributed by atoms with Gasteiger partial charge in [-0.05, 0) is 34.8 Å². The van der Waals surface area contributed by atoms with Crippen LogP contribution in [0.5, 0.6) is 0 Å². The van der Waals surface area contributed by atoms with Crippen LogP contribution < -0.4 is 10.6 Å². The molecule has 2 N–H and O–H groups in total. The van der Waals surface area contributed by atoms with E-state index in [2.05, 4.69) is 20.9 Å². The van der Waals surface area contributed by atoms with Crippen molar-refractivity contribution in [1.29, 1.82) is 0 Å². The molecule has 1 aliphatic rings. The smallest absolute Gasteiger partial charge is 0.354 e. The number of rotatable bonds is 1. The van der Waals surface area contributed by atoms with Crippen molar-refractivity contribution in [3.63, 3.8) is 0 Å². The molecule has 3 nitrogen and oxygen atoms in total. The normalized spacial score (nSPS) is 21.2. The second-order valence-corrected chi connectivity index (χ2v) is 5.23. The highest BCUT2D eigenvalue weighted by Gasteiger charge is 2.32. The second kappa shape index (κ2) is 5.05. The Bertz CT molecular complexity index is 436. The van der Waals surface area contributed by atoms with Crippen LogP contribution in [0.15, 0.2) is 16.7 Å². The van der Waals surface area contributed by atoms with E-state index >= 15 is 0 Å². The highest BCUT2D eigenvalue weighted by molar-refractivity contribution is 9.10. The molecule has 1 aliphatic heterocycles. The van der Waals surface area contributed by atoms with Gasteiger partial charge in [0.05, 0.1) is 10.0 Å². The van der Waals surface area contributed by atoms with Crippen LogP contribution in [0.2, 0.25) is 0 Å². The van der Waals surface area contributed by atoms with Crippen molar-refractivity contribution in [3.8, 4) is 0 Å². The lowest BCUT2D eigenvalue weighted by molar-refractivity contribution is -0.137. The van der Waals surface area contributed by atoms with Crippen LogP contribution in [0.1, 0.15) is 18.4 Å². The van der Waals surface area contributed by atoms with Crippen LogP contribution in [0, 0.1) is 0 Å². The molecule has 100 valence electrons. The number of anilines is 1. The first-order valence-electron chi connectivity index (χ1n) is 5.61. The maximum absolute atomic E-state index is 12.5. The molecule has 1 atom stereocenters. The second-order valence-electron chi connectivity index (χ2n) is 4.38. The van der Waals surface area contributed by atoms with Crippen molar-refractivity contribution in [3.05, 3.63) is 22.3 Å². The van der Waals surface area contributed by atoms with Gasteiger partial charge in [-0.25, -0.2) is 4.98 Å². The number of nitrogens with zero attached hydrogens (tertiary/aromatic N) is 2. The van der Waals surface area contributed by atoms with Crippen molar-refractivity contribution in [2.45, 2.75) is 25.1 Å². The molecule has 0 unspecified atom stereocenters. The van der Waals surface area contributed by atoms with Crippen LogP contribution in [-0.2, 0) is 6.18 Å². The quantitative estimate of drug-likeness (QED) is 0.864. The minimum Gasteiger partial charge on any atom is -0.354 e. The molecule has 0 aliphatic carbocycles. The van der Waals surface area contributed by atoms with E-state index in [1.807, 2.05) is 4.90 Å². The van der Waals surface area contributed by atoms with Gasteiger partial charge in [-0.3, -0.25) is 0 Å². The first-order valence-corrected chi connectivity index (χ1v) is 6.40. The first-order chi connectivity index (χ1) is 8.38. The Hall–Kier alpha value is -0.820. The summed E-state index contributed by atoms with van der Waals surface area (Å²) in [6.07, 6.45) is -1.64. The van der Waals surface area contributed by atoms with E-state index in [-0.39, 0.29) is 6.04 Å². The van der Waals surface area contributed by atoms with Crippen molar-refractivity contribution in [2.24, 2.45) is 5.73 Å². The summed E-state index contributed by atoms with van der Waals surface area (Å²) in [6, 6.07) is 1.11. The molecule has 1 aromatic rings. The van der Waals surface area contributed by atoms with E-state index in [1.54, 1.807) is 0 Å². The maximum atomic E-state index is 12.5. The highest BCUT2D eigenvalue weighted by atomic mass is 79.9. The van der Waals surface area contributed by atoms with E-state index in [0.717, 1.165) is 31.6 Å². The Balaban J connectivity index is 2.24. The monoisotopic (exact) mass is 323 g/mol. The lowest BCUT2D eigenvalue weighted by atomic mass is 10.1. The van der Waals surface area contributed by atoms with Crippen LogP contribution in [0.25, 0.3) is 0 Å². The van der Waals surface area contributed by atoms with E-state index in [4.69, 9.17) is 5.73 Å². The first kappa shape index (κ1) is 13.6. The number of pyridine rings is 1. The summed E-state index contributed by atoms with van der Waals surface area (Å²) < 4.78 is 37.9. The van der Waals surface area contributed by atoms with E-state index in [1.165, 1.54) is 0 Å². The Morgan fingerprint density at radius 3 is 2.72 bits per heavy atom. The Morgan fingerprint density at radius 2 is 2.17 bits per heavy atom. The average Bonchev–Trinajstić information content (AvgIpc) is 2.27. The minimum atomic E-state index is -4.37. The highest BCUT2D eigenvalue weighted by Crippen LogP contribution is 2.34. The van der Waals surface area contributed by atoms with Gasteiger partial charge in [-0.15, -0.1) is 0 Å². The topological polar surface area (TPSA) is 42.1 Å². The molecule has 0 aromatic carbocycles. The molecule has 0 spiro atoms. The largest absolute Gasteiger partial charge is 0.417 e. The summed E-state index contributed by atoms with van der Waals surface area (Å²) in [6.45, 7) is 1.39. The summed E-state index contributed by atoms with van der Waals surface area (Å²) in [4.78, 5) is 5.82. The third-order valence-corrected chi connectivity index (χ3v) is 3.49. The molecule has 0 radical (unpaired) electrons. The molecule has 2 rings (SSSR count). The van der Waals surface area contributed by atoms with Gasteiger partial charge in [0.15, 0.2) is 0 Å². The van der Waals surface area contributed by atoms with E-state index < -0.39 is 11.7 Å². The predicted octanol–water partition coefficient (Wildman–Crippen LogP) is 2.79. The Labute approximate surface area is 111 Å². The van der Waals surface area contributed by atoms with Crippen LogP contribution >= 0.6 is 15.9 Å². The maximum Gasteiger partial charge on any atom is 0.417 e. The molecular weight excluding hydrogens is 311 g/mol. The van der Waals surface area contributed by atoms with Crippen LogP contribution in [0.4, 0.5) is 19.0 Å². The molecule has 1 saturated heterocycles. The number of halogens is 4. The Morgan fingerprint density at radius 1 is 1.44 bits per heavy atom. The summed E-state index contributed by atoms with van der Waals surface area (Å²) in [5.41, 5.74) is 5.10. The third-order valence-electron chi connectivity index (χ3n) is 2.91. The van der Waals surface area contributed by atoms with Gasteiger partial charge in [0, 0.05) is 25.3 Å². The van der Waals surface area contributed by atoms with Gasteiger partial charge < -0.3 is 10.6 Å². The van der Waals surface area contributed by atoms with Crippen molar-refractivity contribution < 1.29 is 13.2 Å². The van der Waals surface area contributed by atoms with Crippen LogP contribution in [-0.4, -0.2) is 24.1 Å². The molecule has 0 saturated carbocycles. The van der Waals surface area contributed by atoms with Gasteiger partial charge in [-0.2, -0.15) is 13.2 Å². The molecule has 18 heavy (non-hydrogen) atoms. The third kappa shape index (κ3) is 2.95. The fourth-order valence-electron chi connectivity index (χ4n) is 2.02. The average molecular weight is 324 g/mol. The van der Waals surface area contributed by atoms with E-state index in [9.17, 15) is 13.2 Å². The van der Waals surface area contributed by atoms with Gasteiger partial charge in [0.2, 0.25) is 0 Å². The summed E-state index contributed by atoms with van der Waals surface area (Å²) in [5.74, 6) is 0.526. The summed E-state index contributed by atoms with van der Waals surface area (Å²) >= 11 is 3.15. The molecule has 0 amide bonds. The van der Waals surface area contributed by atoms with Gasteiger partial charge in [-0.1, -0.05) is 0 Å². The Kier molecular flexibility index (Phi) is 3.82. The zero-order chi connectivity index (χ0) is 13.3. The molecule has 2 heterocycles. The molecule has 0 bridgehead atoms. The number of aromatic nitrogens is 1. The zero-order valence-electron chi connectivity index (χ0n) is 9.54. The standard InChI is InChI=1S/C11H13BrF3N3/c12-9-4-7(11(13,14)15)5-17-10(9)18-3-1-2-8(16)6-18/h4-5,8H,1-3,6,16H2/t8-/m1/s1. The fraction of sp³-hybridized carbons (Fsp3) is 0.545. The number of piperidine rings is 1. The number of hydrogen-bond acceptors (Lipinski definition) is 3. The van der Waals surface area contributed by atoms with Crippen molar-refractivity contribution in [1.82, 2.24) is 4.98 Å². The molecular formula is C11H13BrF3N3. The lowest BCUT2D eigenvalue weighted by Gasteiger charge is -2.32. The molecule has 1 fully saturated rings.